The van der Waals surface area contributed by atoms with Crippen LogP contribution in [0.4, 0.5) is 0 Å². The highest BCUT2D eigenvalue weighted by Crippen LogP contribution is 2.18. The minimum atomic E-state index is -0.751. The molecule has 1 aromatic heterocycles. The van der Waals surface area contributed by atoms with Crippen molar-refractivity contribution < 1.29 is 9.90 Å². The second-order valence-electron chi connectivity index (χ2n) is 3.71. The molecule has 4 heteroatoms. The van der Waals surface area contributed by atoms with Crippen molar-refractivity contribution in [2.45, 2.75) is 26.3 Å². The summed E-state index contributed by atoms with van der Waals surface area (Å²) < 4.78 is 1.81. The predicted molar refractivity (Wildman–Crippen MR) is 63.6 cm³/mol. The van der Waals surface area contributed by atoms with Crippen molar-refractivity contribution in [3.8, 4) is 0 Å². The molecule has 0 aliphatic carbocycles. The first kappa shape index (κ1) is 12.2. The van der Waals surface area contributed by atoms with E-state index in [0.717, 1.165) is 16.9 Å². The molecule has 1 aromatic rings. The van der Waals surface area contributed by atoms with Gasteiger partial charge in [-0.05, 0) is 43.4 Å². The van der Waals surface area contributed by atoms with Gasteiger partial charge in [-0.2, -0.15) is 11.8 Å². The normalized spacial score (nSPS) is 12.7. The predicted octanol–water partition coefficient (Wildman–Crippen LogP) is 2.48. The Labute approximate surface area is 94.5 Å². The third kappa shape index (κ3) is 3.02. The summed E-state index contributed by atoms with van der Waals surface area (Å²) in [6.07, 6.45) is 6.48. The average Bonchev–Trinajstić information content (AvgIpc) is 2.47. The molecular formula is C11H17NO2S. The number of thioether (sulfide) groups is 1. The molecule has 0 aliphatic rings. The van der Waals surface area contributed by atoms with Gasteiger partial charge in [0.1, 0.15) is 6.04 Å². The van der Waals surface area contributed by atoms with Gasteiger partial charge < -0.3 is 9.67 Å². The number of aromatic nitrogens is 1. The zero-order valence-corrected chi connectivity index (χ0v) is 10.2. The standard InChI is InChI=1S/C11H17NO2S/c1-8-6-12(7-9(8)2)10(11(13)14)4-5-15-3/h6-7,10H,4-5H2,1-3H3,(H,13,14)/t10-/m0/s1. The fraction of sp³-hybridized carbons (Fsp3) is 0.545. The lowest BCUT2D eigenvalue weighted by Gasteiger charge is -2.13. The van der Waals surface area contributed by atoms with Crippen molar-refractivity contribution in [1.82, 2.24) is 4.57 Å². The third-order valence-corrected chi connectivity index (χ3v) is 3.19. The van der Waals surface area contributed by atoms with E-state index in [1.807, 2.05) is 37.1 Å². The molecule has 0 radical (unpaired) electrons. The number of aliphatic carboxylic acids is 1. The second-order valence-corrected chi connectivity index (χ2v) is 4.69. The second kappa shape index (κ2) is 5.26. The molecule has 84 valence electrons. The van der Waals surface area contributed by atoms with Crippen LogP contribution in [0.3, 0.4) is 0 Å². The van der Waals surface area contributed by atoms with Crippen LogP contribution < -0.4 is 0 Å². The number of carboxylic acids is 1. The van der Waals surface area contributed by atoms with Crippen LogP contribution in [0.2, 0.25) is 0 Å². The molecule has 0 saturated carbocycles. The zero-order chi connectivity index (χ0) is 11.4. The van der Waals surface area contributed by atoms with Gasteiger partial charge in [-0.3, -0.25) is 0 Å². The molecule has 0 aliphatic heterocycles. The average molecular weight is 227 g/mol. The summed E-state index contributed by atoms with van der Waals surface area (Å²) in [5, 5.41) is 9.12. The van der Waals surface area contributed by atoms with E-state index in [0.29, 0.717) is 6.42 Å². The Kier molecular flexibility index (Phi) is 4.27. The number of hydrogen-bond acceptors (Lipinski definition) is 2. The van der Waals surface area contributed by atoms with E-state index in [1.165, 1.54) is 0 Å². The molecule has 3 nitrogen and oxygen atoms in total. The van der Waals surface area contributed by atoms with Crippen LogP contribution in [0.5, 0.6) is 0 Å². The topological polar surface area (TPSA) is 42.2 Å². The molecule has 0 unspecified atom stereocenters. The third-order valence-electron chi connectivity index (χ3n) is 2.55. The summed E-state index contributed by atoms with van der Waals surface area (Å²) in [5.41, 5.74) is 2.29. The largest absolute Gasteiger partial charge is 0.480 e. The van der Waals surface area contributed by atoms with Gasteiger partial charge in [0.15, 0.2) is 0 Å². The number of aryl methyl sites for hydroxylation is 2. The van der Waals surface area contributed by atoms with E-state index in [1.54, 1.807) is 11.8 Å². The van der Waals surface area contributed by atoms with Crippen molar-refractivity contribution in [3.05, 3.63) is 23.5 Å². The summed E-state index contributed by atoms with van der Waals surface area (Å²) in [7, 11) is 0. The molecule has 0 aromatic carbocycles. The molecule has 0 fully saturated rings. The van der Waals surface area contributed by atoms with Gasteiger partial charge in [0.05, 0.1) is 0 Å². The van der Waals surface area contributed by atoms with Crippen LogP contribution in [0.25, 0.3) is 0 Å². The van der Waals surface area contributed by atoms with E-state index in [2.05, 4.69) is 0 Å². The van der Waals surface area contributed by atoms with Crippen molar-refractivity contribution in [3.63, 3.8) is 0 Å². The lowest BCUT2D eigenvalue weighted by atomic mass is 10.2. The molecule has 0 spiro atoms. The first-order chi connectivity index (χ1) is 7.06. The minimum absolute atomic E-state index is 0.426. The molecule has 1 heterocycles. The molecule has 1 rings (SSSR count). The Morgan fingerprint density at radius 2 is 2.00 bits per heavy atom. The fourth-order valence-electron chi connectivity index (χ4n) is 1.50. The fourth-order valence-corrected chi connectivity index (χ4v) is 1.96. The molecule has 1 N–H and O–H groups in total. The molecule has 15 heavy (non-hydrogen) atoms. The summed E-state index contributed by atoms with van der Waals surface area (Å²) in [6.45, 7) is 4.00. The lowest BCUT2D eigenvalue weighted by Crippen LogP contribution is -2.18. The van der Waals surface area contributed by atoms with Crippen LogP contribution in [-0.4, -0.2) is 27.7 Å². The Hall–Kier alpha value is -0.900. The van der Waals surface area contributed by atoms with Crippen LogP contribution in [0, 0.1) is 13.8 Å². The maximum absolute atomic E-state index is 11.1. The number of rotatable bonds is 5. The summed E-state index contributed by atoms with van der Waals surface area (Å²) in [5.74, 6) is 0.117. The number of hydrogen-bond donors (Lipinski definition) is 1. The van der Waals surface area contributed by atoms with E-state index in [4.69, 9.17) is 5.11 Å². The van der Waals surface area contributed by atoms with E-state index >= 15 is 0 Å². The molecular weight excluding hydrogens is 210 g/mol. The smallest absolute Gasteiger partial charge is 0.326 e. The van der Waals surface area contributed by atoms with E-state index in [9.17, 15) is 4.79 Å². The van der Waals surface area contributed by atoms with Gasteiger partial charge in [0, 0.05) is 12.4 Å². The summed E-state index contributed by atoms with van der Waals surface area (Å²) >= 11 is 1.68. The van der Waals surface area contributed by atoms with E-state index in [-0.39, 0.29) is 0 Å². The zero-order valence-electron chi connectivity index (χ0n) is 9.36. The molecule has 1 atom stereocenters. The Balaban J connectivity index is 2.84. The maximum Gasteiger partial charge on any atom is 0.326 e. The van der Waals surface area contributed by atoms with Crippen LogP contribution in [0.15, 0.2) is 12.4 Å². The SMILES string of the molecule is CSCC[C@@H](C(=O)O)n1cc(C)c(C)c1. The van der Waals surface area contributed by atoms with Gasteiger partial charge in [-0.25, -0.2) is 4.79 Å². The van der Waals surface area contributed by atoms with Crippen molar-refractivity contribution >= 4 is 17.7 Å². The van der Waals surface area contributed by atoms with Gasteiger partial charge >= 0.3 is 5.97 Å². The highest BCUT2D eigenvalue weighted by Gasteiger charge is 2.18. The minimum Gasteiger partial charge on any atom is -0.480 e. The Morgan fingerprint density at radius 1 is 1.47 bits per heavy atom. The van der Waals surface area contributed by atoms with Crippen molar-refractivity contribution in [2.75, 3.05) is 12.0 Å². The number of carboxylic acid groups (broad SMARTS) is 1. The quantitative estimate of drug-likeness (QED) is 0.840. The molecule has 0 amide bonds. The Bertz CT molecular complexity index is 327. The Morgan fingerprint density at radius 3 is 2.40 bits per heavy atom. The van der Waals surface area contributed by atoms with Gasteiger partial charge in [0.25, 0.3) is 0 Å². The van der Waals surface area contributed by atoms with Gasteiger partial charge in [-0.1, -0.05) is 0 Å². The van der Waals surface area contributed by atoms with Crippen molar-refractivity contribution in [1.29, 1.82) is 0 Å². The van der Waals surface area contributed by atoms with Crippen LogP contribution >= 0.6 is 11.8 Å². The van der Waals surface area contributed by atoms with Crippen LogP contribution in [-0.2, 0) is 4.79 Å². The highest BCUT2D eigenvalue weighted by atomic mass is 32.2. The summed E-state index contributed by atoms with van der Waals surface area (Å²) in [4.78, 5) is 11.1. The first-order valence-corrected chi connectivity index (χ1v) is 6.32. The summed E-state index contributed by atoms with van der Waals surface area (Å²) in [6, 6.07) is -0.426. The maximum atomic E-state index is 11.1. The molecule has 0 saturated heterocycles. The monoisotopic (exact) mass is 227 g/mol. The number of nitrogens with zero attached hydrogens (tertiary/aromatic N) is 1. The van der Waals surface area contributed by atoms with Crippen LogP contribution in [0.1, 0.15) is 23.6 Å². The number of carbonyl (C=O) groups is 1. The highest BCUT2D eigenvalue weighted by molar-refractivity contribution is 7.98. The molecule has 0 bridgehead atoms. The van der Waals surface area contributed by atoms with Crippen molar-refractivity contribution in [2.24, 2.45) is 0 Å². The van der Waals surface area contributed by atoms with Gasteiger partial charge in [-0.15, -0.1) is 0 Å². The van der Waals surface area contributed by atoms with Gasteiger partial charge in [0.2, 0.25) is 0 Å². The lowest BCUT2D eigenvalue weighted by molar-refractivity contribution is -0.140. The first-order valence-electron chi connectivity index (χ1n) is 4.92. The van der Waals surface area contributed by atoms with E-state index < -0.39 is 12.0 Å².